The van der Waals surface area contributed by atoms with Gasteiger partial charge in [-0.3, -0.25) is 9.48 Å². The van der Waals surface area contributed by atoms with Crippen molar-refractivity contribution in [2.75, 3.05) is 0 Å². The van der Waals surface area contributed by atoms with Crippen molar-refractivity contribution in [1.82, 2.24) is 9.78 Å². The van der Waals surface area contributed by atoms with Crippen LogP contribution in [0.2, 0.25) is 0 Å². The van der Waals surface area contributed by atoms with Gasteiger partial charge in [0.25, 0.3) is 0 Å². The minimum atomic E-state index is 0.121. The molecule has 0 N–H and O–H groups in total. The van der Waals surface area contributed by atoms with E-state index >= 15 is 0 Å². The molecule has 0 bridgehead atoms. The van der Waals surface area contributed by atoms with Crippen molar-refractivity contribution >= 4 is 28.0 Å². The van der Waals surface area contributed by atoms with Gasteiger partial charge in [-0.25, -0.2) is 0 Å². The molecule has 0 fully saturated rings. The van der Waals surface area contributed by atoms with Crippen LogP contribution in [0.5, 0.6) is 0 Å². The zero-order valence-electron chi connectivity index (χ0n) is 10.9. The van der Waals surface area contributed by atoms with Gasteiger partial charge >= 0.3 is 0 Å². The molecule has 0 radical (unpaired) electrons. The van der Waals surface area contributed by atoms with E-state index in [-0.39, 0.29) is 5.78 Å². The zero-order chi connectivity index (χ0) is 13.4. The highest BCUT2D eigenvalue weighted by molar-refractivity contribution is 7.12. The van der Waals surface area contributed by atoms with Crippen LogP contribution in [0.1, 0.15) is 20.1 Å². The van der Waals surface area contributed by atoms with Crippen molar-refractivity contribution in [2.24, 2.45) is 0 Å². The van der Waals surface area contributed by atoms with Crippen LogP contribution < -0.4 is 0 Å². The summed E-state index contributed by atoms with van der Waals surface area (Å²) in [5.41, 5.74) is 1.82. The Kier molecular flexibility index (Phi) is 2.95. The molecule has 3 nitrogen and oxygen atoms in total. The molecule has 0 saturated carbocycles. The molecule has 3 rings (SSSR count). The van der Waals surface area contributed by atoms with Crippen LogP contribution in [-0.2, 0) is 6.54 Å². The summed E-state index contributed by atoms with van der Waals surface area (Å²) in [5.74, 6) is 0.121. The van der Waals surface area contributed by atoms with E-state index in [1.54, 1.807) is 22.2 Å². The Morgan fingerprint density at radius 3 is 2.84 bits per heavy atom. The standard InChI is InChI=1S/C15H14N2OS/c1-10-7-13(11(2)19-10)15(18)9-17-14-6-4-3-5-12(14)8-16-17/h3-8H,9H2,1-2H3. The Morgan fingerprint density at radius 1 is 1.32 bits per heavy atom. The summed E-state index contributed by atoms with van der Waals surface area (Å²) in [5, 5.41) is 5.36. The van der Waals surface area contributed by atoms with Crippen molar-refractivity contribution < 1.29 is 4.79 Å². The monoisotopic (exact) mass is 270 g/mol. The molecule has 19 heavy (non-hydrogen) atoms. The highest BCUT2D eigenvalue weighted by Gasteiger charge is 2.14. The van der Waals surface area contributed by atoms with Crippen LogP contribution in [0, 0.1) is 13.8 Å². The number of aryl methyl sites for hydroxylation is 2. The van der Waals surface area contributed by atoms with E-state index in [4.69, 9.17) is 0 Å². The van der Waals surface area contributed by atoms with E-state index in [0.717, 1.165) is 21.3 Å². The summed E-state index contributed by atoms with van der Waals surface area (Å²) in [6.45, 7) is 4.31. The molecule has 2 aromatic heterocycles. The van der Waals surface area contributed by atoms with Gasteiger partial charge in [-0.15, -0.1) is 11.3 Å². The molecule has 3 aromatic rings. The van der Waals surface area contributed by atoms with Gasteiger partial charge in [0, 0.05) is 20.7 Å². The maximum absolute atomic E-state index is 12.3. The van der Waals surface area contributed by atoms with Gasteiger partial charge in [0.2, 0.25) is 0 Å². The number of hydrogen-bond acceptors (Lipinski definition) is 3. The Morgan fingerprint density at radius 2 is 2.11 bits per heavy atom. The van der Waals surface area contributed by atoms with Crippen LogP contribution in [0.25, 0.3) is 10.9 Å². The Hall–Kier alpha value is -1.94. The molecule has 2 heterocycles. The Balaban J connectivity index is 1.93. The van der Waals surface area contributed by atoms with Crippen molar-refractivity contribution in [3.05, 3.63) is 51.8 Å². The lowest BCUT2D eigenvalue weighted by molar-refractivity contribution is 0.0969. The van der Waals surface area contributed by atoms with Crippen molar-refractivity contribution in [3.63, 3.8) is 0 Å². The second-order valence-electron chi connectivity index (χ2n) is 4.61. The third-order valence-corrected chi connectivity index (χ3v) is 4.15. The molecule has 0 aliphatic heterocycles. The molecule has 4 heteroatoms. The number of benzene rings is 1. The van der Waals surface area contributed by atoms with Gasteiger partial charge in [0.15, 0.2) is 5.78 Å². The first-order valence-corrected chi connectivity index (χ1v) is 6.97. The van der Waals surface area contributed by atoms with Gasteiger partial charge in [-0.05, 0) is 26.0 Å². The predicted molar refractivity (Wildman–Crippen MR) is 77.9 cm³/mol. The summed E-state index contributed by atoms with van der Waals surface area (Å²) in [6, 6.07) is 9.90. The second-order valence-corrected chi connectivity index (χ2v) is 6.07. The molecule has 0 amide bonds. The number of rotatable bonds is 3. The molecule has 0 aliphatic rings. The number of nitrogens with zero attached hydrogens (tertiary/aromatic N) is 2. The largest absolute Gasteiger partial charge is 0.292 e. The lowest BCUT2D eigenvalue weighted by Crippen LogP contribution is -2.11. The van der Waals surface area contributed by atoms with E-state index < -0.39 is 0 Å². The number of aromatic nitrogens is 2. The number of ketones is 1. The first-order chi connectivity index (χ1) is 9.15. The number of Topliss-reactive ketones (excluding diaryl/α,β-unsaturated/α-hetero) is 1. The number of carbonyl (C=O) groups is 1. The van der Waals surface area contributed by atoms with E-state index in [2.05, 4.69) is 5.10 Å². The second kappa shape index (κ2) is 4.63. The van der Waals surface area contributed by atoms with Crippen molar-refractivity contribution in [3.8, 4) is 0 Å². The number of hydrogen-bond donors (Lipinski definition) is 0. The molecule has 1 aromatic carbocycles. The third-order valence-electron chi connectivity index (χ3n) is 3.19. The maximum atomic E-state index is 12.3. The van der Waals surface area contributed by atoms with E-state index in [1.807, 2.05) is 44.2 Å². The normalized spacial score (nSPS) is 11.1. The summed E-state index contributed by atoms with van der Waals surface area (Å²) < 4.78 is 1.77. The maximum Gasteiger partial charge on any atom is 0.185 e. The first kappa shape index (κ1) is 12.1. The average molecular weight is 270 g/mol. The molecule has 0 aliphatic carbocycles. The fourth-order valence-electron chi connectivity index (χ4n) is 2.28. The Bertz CT molecular complexity index is 754. The van der Waals surface area contributed by atoms with Crippen LogP contribution >= 0.6 is 11.3 Å². The molecule has 0 unspecified atom stereocenters. The summed E-state index contributed by atoms with van der Waals surface area (Å²) in [6.07, 6.45) is 1.80. The van der Waals surface area contributed by atoms with E-state index in [0.29, 0.717) is 6.54 Å². The first-order valence-electron chi connectivity index (χ1n) is 6.16. The number of para-hydroxylation sites is 1. The fraction of sp³-hybridized carbons (Fsp3) is 0.200. The quantitative estimate of drug-likeness (QED) is 0.682. The van der Waals surface area contributed by atoms with Crippen LogP contribution in [0.3, 0.4) is 0 Å². The van der Waals surface area contributed by atoms with Gasteiger partial charge in [0.05, 0.1) is 11.7 Å². The molecule has 0 spiro atoms. The highest BCUT2D eigenvalue weighted by Crippen LogP contribution is 2.22. The number of fused-ring (bicyclic) bond motifs is 1. The fourth-order valence-corrected chi connectivity index (χ4v) is 3.22. The summed E-state index contributed by atoms with van der Waals surface area (Å²) in [7, 11) is 0. The summed E-state index contributed by atoms with van der Waals surface area (Å²) in [4.78, 5) is 14.6. The average Bonchev–Trinajstić information content (AvgIpc) is 2.94. The van der Waals surface area contributed by atoms with Gasteiger partial charge < -0.3 is 0 Å². The Labute approximate surface area is 115 Å². The van der Waals surface area contributed by atoms with Gasteiger partial charge in [0.1, 0.15) is 6.54 Å². The third kappa shape index (κ3) is 2.19. The predicted octanol–water partition coefficient (Wildman–Crippen LogP) is 3.60. The minimum absolute atomic E-state index is 0.121. The minimum Gasteiger partial charge on any atom is -0.292 e. The summed E-state index contributed by atoms with van der Waals surface area (Å²) >= 11 is 1.66. The lowest BCUT2D eigenvalue weighted by Gasteiger charge is -2.02. The van der Waals surface area contributed by atoms with Crippen LogP contribution in [0.4, 0.5) is 0 Å². The molecule has 0 atom stereocenters. The number of thiophene rings is 1. The lowest BCUT2D eigenvalue weighted by atomic mass is 10.1. The highest BCUT2D eigenvalue weighted by atomic mass is 32.1. The molecular weight excluding hydrogens is 256 g/mol. The zero-order valence-corrected chi connectivity index (χ0v) is 11.7. The molecular formula is C15H14N2OS. The van der Waals surface area contributed by atoms with Crippen molar-refractivity contribution in [1.29, 1.82) is 0 Å². The van der Waals surface area contributed by atoms with Crippen molar-refractivity contribution in [2.45, 2.75) is 20.4 Å². The molecule has 0 saturated heterocycles. The SMILES string of the molecule is Cc1cc(C(=O)Cn2ncc3ccccc32)c(C)s1. The van der Waals surface area contributed by atoms with Gasteiger partial charge in [-0.1, -0.05) is 18.2 Å². The van der Waals surface area contributed by atoms with Gasteiger partial charge in [-0.2, -0.15) is 5.10 Å². The smallest absolute Gasteiger partial charge is 0.185 e. The van der Waals surface area contributed by atoms with E-state index in [1.165, 1.54) is 4.88 Å². The van der Waals surface area contributed by atoms with E-state index in [9.17, 15) is 4.79 Å². The number of carbonyl (C=O) groups excluding carboxylic acids is 1. The molecule has 96 valence electrons. The van der Waals surface area contributed by atoms with Crippen LogP contribution in [-0.4, -0.2) is 15.6 Å². The topological polar surface area (TPSA) is 34.9 Å². The van der Waals surface area contributed by atoms with Crippen LogP contribution in [0.15, 0.2) is 36.5 Å².